The van der Waals surface area contributed by atoms with Crippen LogP contribution in [0.3, 0.4) is 0 Å². The molecular weight excluding hydrogens is 330 g/mol. The predicted molar refractivity (Wildman–Crippen MR) is 99.1 cm³/mol. The molecule has 26 heavy (non-hydrogen) atoms. The van der Waals surface area contributed by atoms with Crippen LogP contribution in [0, 0.1) is 0 Å². The van der Waals surface area contributed by atoms with Crippen molar-refractivity contribution in [1.82, 2.24) is 14.5 Å². The monoisotopic (exact) mass is 357 g/mol. The molecule has 6 heteroatoms. The highest BCUT2D eigenvalue weighted by molar-refractivity contribution is 5.78. The summed E-state index contributed by atoms with van der Waals surface area (Å²) in [6.45, 7) is 3.06. The maximum Gasteiger partial charge on any atom is 0.248 e. The number of rotatable bonds is 5. The number of amides is 1. The number of nitrogens with zero attached hydrogens (tertiary/aromatic N) is 3. The van der Waals surface area contributed by atoms with Crippen molar-refractivity contribution in [3.05, 3.63) is 30.1 Å². The molecule has 1 aromatic heterocycles. The lowest BCUT2D eigenvalue weighted by Crippen LogP contribution is -2.40. The van der Waals surface area contributed by atoms with Crippen molar-refractivity contribution in [3.8, 4) is 0 Å². The van der Waals surface area contributed by atoms with Crippen LogP contribution in [0.1, 0.15) is 37.4 Å². The smallest absolute Gasteiger partial charge is 0.248 e. The van der Waals surface area contributed by atoms with Crippen LogP contribution < -0.4 is 0 Å². The maximum atomic E-state index is 12.4. The number of carbonyl (C=O) groups excluding carboxylic acids is 1. The molecular formula is C20H27N3O3. The van der Waals surface area contributed by atoms with Crippen LogP contribution in [-0.2, 0) is 21.3 Å². The second-order valence-electron chi connectivity index (χ2n) is 7.32. The second kappa shape index (κ2) is 7.76. The minimum Gasteiger partial charge on any atom is -0.376 e. The van der Waals surface area contributed by atoms with Gasteiger partial charge in [-0.15, -0.1) is 0 Å². The summed E-state index contributed by atoms with van der Waals surface area (Å²) in [5.74, 6) is 1.63. The van der Waals surface area contributed by atoms with Gasteiger partial charge in [0.15, 0.2) is 0 Å². The molecule has 0 aliphatic carbocycles. The standard InChI is InChI=1S/C20H27N3O3/c1-22-18-7-3-2-6-17(18)21-20(22)15-8-10-23(11-9-15)19(24)14-25-13-16-5-4-12-26-16/h2-3,6-7,15-16H,4-5,8-14H2,1H3/t16-/m0/s1. The summed E-state index contributed by atoms with van der Waals surface area (Å²) in [4.78, 5) is 19.1. The van der Waals surface area contributed by atoms with Gasteiger partial charge in [0.1, 0.15) is 12.4 Å². The van der Waals surface area contributed by atoms with Crippen LogP contribution in [-0.4, -0.2) is 59.4 Å². The molecule has 2 aliphatic rings. The van der Waals surface area contributed by atoms with Crippen LogP contribution in [0.25, 0.3) is 11.0 Å². The van der Waals surface area contributed by atoms with Gasteiger partial charge in [0.25, 0.3) is 0 Å². The van der Waals surface area contributed by atoms with Crippen molar-refractivity contribution in [3.63, 3.8) is 0 Å². The quantitative estimate of drug-likeness (QED) is 0.825. The number of aryl methyl sites for hydroxylation is 1. The van der Waals surface area contributed by atoms with Crippen LogP contribution in [0.2, 0.25) is 0 Å². The Morgan fingerprint density at radius 3 is 2.81 bits per heavy atom. The second-order valence-corrected chi connectivity index (χ2v) is 7.32. The minimum atomic E-state index is 0.0893. The number of aromatic nitrogens is 2. The van der Waals surface area contributed by atoms with E-state index in [2.05, 4.69) is 23.7 Å². The predicted octanol–water partition coefficient (Wildman–Crippen LogP) is 2.47. The van der Waals surface area contributed by atoms with E-state index in [1.165, 1.54) is 5.52 Å². The Morgan fingerprint density at radius 1 is 1.27 bits per heavy atom. The Balaban J connectivity index is 1.29. The van der Waals surface area contributed by atoms with E-state index in [4.69, 9.17) is 14.5 Å². The fourth-order valence-electron chi connectivity index (χ4n) is 4.06. The van der Waals surface area contributed by atoms with E-state index in [1.54, 1.807) is 0 Å². The molecule has 0 unspecified atom stereocenters. The number of para-hydroxylation sites is 2. The van der Waals surface area contributed by atoms with E-state index in [-0.39, 0.29) is 18.6 Å². The van der Waals surface area contributed by atoms with Crippen molar-refractivity contribution in [2.24, 2.45) is 7.05 Å². The third kappa shape index (κ3) is 3.62. The van der Waals surface area contributed by atoms with Crippen molar-refractivity contribution >= 4 is 16.9 Å². The highest BCUT2D eigenvalue weighted by Gasteiger charge is 2.27. The Labute approximate surface area is 154 Å². The van der Waals surface area contributed by atoms with Crippen molar-refractivity contribution in [2.75, 3.05) is 32.9 Å². The van der Waals surface area contributed by atoms with Gasteiger partial charge in [0.2, 0.25) is 5.91 Å². The number of benzene rings is 1. The molecule has 2 aliphatic heterocycles. The number of hydrogen-bond acceptors (Lipinski definition) is 4. The first-order chi connectivity index (χ1) is 12.7. The zero-order valence-corrected chi connectivity index (χ0v) is 15.4. The van der Waals surface area contributed by atoms with Gasteiger partial charge in [0, 0.05) is 32.7 Å². The van der Waals surface area contributed by atoms with Crippen molar-refractivity contribution in [1.29, 1.82) is 0 Å². The highest BCUT2D eigenvalue weighted by Crippen LogP contribution is 2.29. The topological polar surface area (TPSA) is 56.6 Å². The molecule has 4 rings (SSSR count). The fourth-order valence-corrected chi connectivity index (χ4v) is 4.06. The molecule has 2 saturated heterocycles. The van der Waals surface area contributed by atoms with E-state index in [1.807, 2.05) is 17.0 Å². The Hall–Kier alpha value is -1.92. The number of imidazole rings is 1. The average molecular weight is 357 g/mol. The van der Waals surface area contributed by atoms with Gasteiger partial charge in [0.05, 0.1) is 23.7 Å². The minimum absolute atomic E-state index is 0.0893. The lowest BCUT2D eigenvalue weighted by molar-refractivity contribution is -0.138. The first kappa shape index (κ1) is 17.5. The molecule has 1 amide bonds. The van der Waals surface area contributed by atoms with E-state index in [9.17, 15) is 4.79 Å². The summed E-state index contributed by atoms with van der Waals surface area (Å²) in [7, 11) is 2.08. The average Bonchev–Trinajstić information content (AvgIpc) is 3.30. The summed E-state index contributed by atoms with van der Waals surface area (Å²) in [5.41, 5.74) is 2.22. The number of hydrogen-bond donors (Lipinski definition) is 0. The third-order valence-electron chi connectivity index (χ3n) is 5.59. The zero-order chi connectivity index (χ0) is 17.9. The van der Waals surface area contributed by atoms with Gasteiger partial charge < -0.3 is 18.9 Å². The Morgan fingerprint density at radius 2 is 2.08 bits per heavy atom. The van der Waals surface area contributed by atoms with E-state index < -0.39 is 0 Å². The summed E-state index contributed by atoms with van der Waals surface area (Å²) in [6, 6.07) is 8.24. The lowest BCUT2D eigenvalue weighted by Gasteiger charge is -2.31. The molecule has 140 valence electrons. The van der Waals surface area contributed by atoms with Crippen molar-refractivity contribution in [2.45, 2.75) is 37.7 Å². The molecule has 0 spiro atoms. The van der Waals surface area contributed by atoms with Crippen LogP contribution in [0.4, 0.5) is 0 Å². The van der Waals surface area contributed by atoms with Gasteiger partial charge in [-0.2, -0.15) is 0 Å². The van der Waals surface area contributed by atoms with Crippen LogP contribution in [0.5, 0.6) is 0 Å². The lowest BCUT2D eigenvalue weighted by atomic mass is 9.96. The third-order valence-corrected chi connectivity index (χ3v) is 5.59. The number of piperidine rings is 1. The molecule has 0 saturated carbocycles. The molecule has 1 aromatic carbocycles. The molecule has 0 radical (unpaired) electrons. The Bertz CT molecular complexity index is 759. The van der Waals surface area contributed by atoms with Gasteiger partial charge in [-0.25, -0.2) is 4.98 Å². The SMILES string of the molecule is Cn1c(C2CCN(C(=O)COC[C@@H]3CCCO3)CC2)nc2ccccc21. The molecule has 0 N–H and O–H groups in total. The van der Waals surface area contributed by atoms with Crippen LogP contribution in [0.15, 0.2) is 24.3 Å². The van der Waals surface area contributed by atoms with E-state index in [0.717, 1.165) is 56.7 Å². The summed E-state index contributed by atoms with van der Waals surface area (Å²) >= 11 is 0. The molecule has 1 atom stereocenters. The number of carbonyl (C=O) groups is 1. The van der Waals surface area contributed by atoms with Gasteiger partial charge in [-0.1, -0.05) is 12.1 Å². The normalized spacial score (nSPS) is 21.6. The summed E-state index contributed by atoms with van der Waals surface area (Å²) < 4.78 is 13.3. The zero-order valence-electron chi connectivity index (χ0n) is 15.4. The molecule has 0 bridgehead atoms. The molecule has 2 aromatic rings. The van der Waals surface area contributed by atoms with Gasteiger partial charge in [-0.3, -0.25) is 4.79 Å². The molecule has 6 nitrogen and oxygen atoms in total. The highest BCUT2D eigenvalue weighted by atomic mass is 16.5. The molecule has 2 fully saturated rings. The van der Waals surface area contributed by atoms with Crippen LogP contribution >= 0.6 is 0 Å². The Kier molecular flexibility index (Phi) is 5.22. The number of ether oxygens (including phenoxy) is 2. The largest absolute Gasteiger partial charge is 0.376 e. The first-order valence-electron chi connectivity index (χ1n) is 9.61. The van der Waals surface area contributed by atoms with Gasteiger partial charge >= 0.3 is 0 Å². The molecule has 3 heterocycles. The maximum absolute atomic E-state index is 12.4. The number of likely N-dealkylation sites (tertiary alicyclic amines) is 1. The summed E-state index contributed by atoms with van der Waals surface area (Å²) in [5, 5.41) is 0. The summed E-state index contributed by atoms with van der Waals surface area (Å²) in [6.07, 6.45) is 4.21. The first-order valence-corrected chi connectivity index (χ1v) is 9.61. The van der Waals surface area contributed by atoms with E-state index in [0.29, 0.717) is 12.5 Å². The fraction of sp³-hybridized carbons (Fsp3) is 0.600. The number of fused-ring (bicyclic) bond motifs is 1. The van der Waals surface area contributed by atoms with E-state index >= 15 is 0 Å². The van der Waals surface area contributed by atoms with Crippen molar-refractivity contribution < 1.29 is 14.3 Å². The van der Waals surface area contributed by atoms with Gasteiger partial charge in [-0.05, 0) is 37.8 Å².